The molecule has 2 aliphatic rings. The zero-order valence-electron chi connectivity index (χ0n) is 11.8. The lowest BCUT2D eigenvalue weighted by Gasteiger charge is -2.35. The maximum Gasteiger partial charge on any atom is 0.138 e. The molecule has 1 aromatic rings. The van der Waals surface area contributed by atoms with Crippen LogP contribution < -0.4 is 5.32 Å². The Morgan fingerprint density at radius 3 is 2.68 bits per heavy atom. The minimum atomic E-state index is 0.314. The summed E-state index contributed by atoms with van der Waals surface area (Å²) in [5.74, 6) is 0.314. The number of aromatic nitrogens is 1. The molecule has 2 fully saturated rings. The molecule has 0 radical (unpaired) electrons. The molecule has 4 heteroatoms. The summed E-state index contributed by atoms with van der Waals surface area (Å²) in [4.78, 5) is 6.81. The van der Waals surface area contributed by atoms with Crippen molar-refractivity contribution in [3.05, 3.63) is 23.5 Å². The van der Waals surface area contributed by atoms with Gasteiger partial charge in [0.15, 0.2) is 0 Å². The topological polar surface area (TPSA) is 48.4 Å². The van der Waals surface area contributed by atoms with Crippen LogP contribution in [0.15, 0.2) is 12.1 Å². The lowest BCUT2D eigenvalue weighted by atomic mass is 9.98. The first kappa shape index (κ1) is 12.9. The Balaban J connectivity index is 1.67. The predicted molar refractivity (Wildman–Crippen MR) is 75.1 cm³/mol. The highest BCUT2D eigenvalue weighted by molar-refractivity contribution is 5.27. The average molecular weight is 261 g/mol. The zero-order valence-corrected chi connectivity index (χ0v) is 11.8. The minimum absolute atomic E-state index is 0.314. The highest BCUT2D eigenvalue weighted by Gasteiger charge is 2.35. The third kappa shape index (κ3) is 2.74. The Labute approximate surface area is 114 Å². The fourth-order valence-corrected chi connectivity index (χ4v) is 3.47. The van der Waals surface area contributed by atoms with Gasteiger partial charge in [-0.25, -0.2) is 0 Å². The summed E-state index contributed by atoms with van der Waals surface area (Å²) in [6, 6.07) is 5.61. The molecule has 2 unspecified atom stereocenters. The fraction of sp³-hybridized carbons (Fsp3) is 0.667. The molecule has 0 spiro atoms. The second-order valence-electron chi connectivity index (χ2n) is 6.10. The molecule has 1 aromatic heterocycles. The number of aromatic hydroxyl groups is 1. The highest BCUT2D eigenvalue weighted by atomic mass is 16.3. The van der Waals surface area contributed by atoms with Crippen LogP contribution >= 0.6 is 0 Å². The van der Waals surface area contributed by atoms with E-state index < -0.39 is 0 Å². The van der Waals surface area contributed by atoms with Gasteiger partial charge in [-0.15, -0.1) is 0 Å². The summed E-state index contributed by atoms with van der Waals surface area (Å²) >= 11 is 0. The maximum absolute atomic E-state index is 9.90. The number of rotatable bonds is 3. The number of nitrogens with one attached hydrogen (secondary N) is 1. The number of pyridine rings is 1. The van der Waals surface area contributed by atoms with E-state index in [9.17, 15) is 5.11 Å². The normalized spacial score (nSPS) is 29.9. The molecule has 2 saturated heterocycles. The van der Waals surface area contributed by atoms with Gasteiger partial charge in [0.25, 0.3) is 0 Å². The minimum Gasteiger partial charge on any atom is -0.506 e. The van der Waals surface area contributed by atoms with Crippen molar-refractivity contribution in [2.45, 2.75) is 57.3 Å². The molecule has 0 aliphatic carbocycles. The first-order valence-electron chi connectivity index (χ1n) is 7.23. The Morgan fingerprint density at radius 2 is 2.00 bits per heavy atom. The molecular formula is C15H23N3O. The van der Waals surface area contributed by atoms with Crippen LogP contribution in [0, 0.1) is 6.92 Å². The summed E-state index contributed by atoms with van der Waals surface area (Å²) in [7, 11) is 2.15. The molecule has 3 rings (SSSR count). The van der Waals surface area contributed by atoms with E-state index in [0.29, 0.717) is 23.9 Å². The largest absolute Gasteiger partial charge is 0.506 e. The van der Waals surface area contributed by atoms with Gasteiger partial charge in [-0.3, -0.25) is 9.88 Å². The van der Waals surface area contributed by atoms with Crippen molar-refractivity contribution in [3.63, 3.8) is 0 Å². The molecule has 2 atom stereocenters. The van der Waals surface area contributed by atoms with Crippen LogP contribution in [-0.4, -0.2) is 40.2 Å². The average Bonchev–Trinajstić information content (AvgIpc) is 2.72. The Bertz CT molecular complexity index is 451. The van der Waals surface area contributed by atoms with Crippen LogP contribution in [0.3, 0.4) is 0 Å². The molecule has 3 heterocycles. The smallest absolute Gasteiger partial charge is 0.138 e. The monoisotopic (exact) mass is 261 g/mol. The zero-order chi connectivity index (χ0) is 13.4. The van der Waals surface area contributed by atoms with Gasteiger partial charge >= 0.3 is 0 Å². The molecule has 4 nitrogen and oxygen atoms in total. The summed E-state index contributed by atoms with van der Waals surface area (Å²) in [6.07, 6.45) is 5.09. The number of fused-ring (bicyclic) bond motifs is 2. The number of nitrogens with zero attached hydrogens (tertiary/aromatic N) is 2. The third-order valence-corrected chi connectivity index (χ3v) is 4.56. The maximum atomic E-state index is 9.90. The van der Waals surface area contributed by atoms with Gasteiger partial charge in [0.2, 0.25) is 0 Å². The second kappa shape index (κ2) is 5.10. The SMILES string of the molecule is Cc1ccc(O)c(CN(C)C2CC3CCC(C2)N3)n1. The van der Waals surface area contributed by atoms with Gasteiger partial charge in [-0.1, -0.05) is 0 Å². The van der Waals surface area contributed by atoms with Gasteiger partial charge < -0.3 is 10.4 Å². The van der Waals surface area contributed by atoms with E-state index in [1.54, 1.807) is 6.07 Å². The number of hydrogen-bond acceptors (Lipinski definition) is 4. The summed E-state index contributed by atoms with van der Waals surface area (Å²) in [5.41, 5.74) is 1.76. The van der Waals surface area contributed by atoms with Crippen molar-refractivity contribution in [3.8, 4) is 5.75 Å². The highest BCUT2D eigenvalue weighted by Crippen LogP contribution is 2.30. The molecule has 0 aromatic carbocycles. The van der Waals surface area contributed by atoms with E-state index in [1.165, 1.54) is 25.7 Å². The third-order valence-electron chi connectivity index (χ3n) is 4.56. The van der Waals surface area contributed by atoms with Crippen molar-refractivity contribution in [1.29, 1.82) is 0 Å². The van der Waals surface area contributed by atoms with Crippen molar-refractivity contribution in [2.75, 3.05) is 7.05 Å². The van der Waals surface area contributed by atoms with Crippen molar-refractivity contribution in [2.24, 2.45) is 0 Å². The predicted octanol–water partition coefficient (Wildman–Crippen LogP) is 1.81. The Hall–Kier alpha value is -1.13. The molecule has 2 bridgehead atoms. The molecule has 19 heavy (non-hydrogen) atoms. The van der Waals surface area contributed by atoms with Gasteiger partial charge in [-0.05, 0) is 51.8 Å². The van der Waals surface area contributed by atoms with Gasteiger partial charge in [0.1, 0.15) is 5.75 Å². The van der Waals surface area contributed by atoms with Crippen LogP contribution in [0.5, 0.6) is 5.75 Å². The summed E-state index contributed by atoms with van der Waals surface area (Å²) < 4.78 is 0. The van der Waals surface area contributed by atoms with Crippen LogP contribution in [0.2, 0.25) is 0 Å². The summed E-state index contributed by atoms with van der Waals surface area (Å²) in [5, 5.41) is 13.6. The van der Waals surface area contributed by atoms with Crippen LogP contribution in [0.4, 0.5) is 0 Å². The second-order valence-corrected chi connectivity index (χ2v) is 6.10. The van der Waals surface area contributed by atoms with Crippen molar-refractivity contribution >= 4 is 0 Å². The van der Waals surface area contributed by atoms with Crippen LogP contribution in [0.1, 0.15) is 37.1 Å². The van der Waals surface area contributed by atoms with Crippen LogP contribution in [0.25, 0.3) is 0 Å². The quantitative estimate of drug-likeness (QED) is 0.871. The van der Waals surface area contributed by atoms with E-state index in [2.05, 4.69) is 22.2 Å². The number of hydrogen-bond donors (Lipinski definition) is 2. The molecule has 2 aliphatic heterocycles. The molecule has 0 amide bonds. The van der Waals surface area contributed by atoms with E-state index >= 15 is 0 Å². The van der Waals surface area contributed by atoms with E-state index in [4.69, 9.17) is 0 Å². The Morgan fingerprint density at radius 1 is 1.32 bits per heavy atom. The standard InChI is InChI=1S/C15H23N3O/c1-10-3-6-15(19)14(16-10)9-18(2)13-7-11-4-5-12(8-13)17-11/h3,6,11-13,17,19H,4-5,7-9H2,1-2H3. The van der Waals surface area contributed by atoms with Crippen LogP contribution in [-0.2, 0) is 6.54 Å². The van der Waals surface area contributed by atoms with E-state index in [0.717, 1.165) is 17.9 Å². The lowest BCUT2D eigenvalue weighted by molar-refractivity contribution is 0.163. The summed E-state index contributed by atoms with van der Waals surface area (Å²) in [6.45, 7) is 2.70. The van der Waals surface area contributed by atoms with E-state index in [-0.39, 0.29) is 0 Å². The van der Waals surface area contributed by atoms with E-state index in [1.807, 2.05) is 13.0 Å². The van der Waals surface area contributed by atoms with Crippen molar-refractivity contribution < 1.29 is 5.11 Å². The molecule has 2 N–H and O–H groups in total. The Kier molecular flexibility index (Phi) is 3.46. The fourth-order valence-electron chi connectivity index (χ4n) is 3.47. The first-order chi connectivity index (χ1) is 9.11. The number of aryl methyl sites for hydroxylation is 1. The number of piperidine rings is 1. The van der Waals surface area contributed by atoms with Crippen molar-refractivity contribution in [1.82, 2.24) is 15.2 Å². The molecule has 104 valence electrons. The van der Waals surface area contributed by atoms with Gasteiger partial charge in [0, 0.05) is 30.4 Å². The molecular weight excluding hydrogens is 238 g/mol. The van der Waals surface area contributed by atoms with Gasteiger partial charge in [-0.2, -0.15) is 0 Å². The lowest BCUT2D eigenvalue weighted by Crippen LogP contribution is -2.46. The molecule has 0 saturated carbocycles. The van der Waals surface area contributed by atoms with Gasteiger partial charge in [0.05, 0.1) is 5.69 Å². The first-order valence-corrected chi connectivity index (χ1v) is 7.23.